The maximum absolute atomic E-state index is 13.3. The third kappa shape index (κ3) is 3.25. The number of aromatic nitrogens is 1. The number of hydrogen-bond acceptors (Lipinski definition) is 2. The number of carbonyl (C=O) groups excluding carboxylic acids is 1. The summed E-state index contributed by atoms with van der Waals surface area (Å²) < 4.78 is 0. The normalized spacial score (nSPS) is 21.6. The first-order chi connectivity index (χ1) is 14.3. The molecule has 2 aliphatic heterocycles. The molecule has 0 saturated carbocycles. The van der Waals surface area contributed by atoms with E-state index >= 15 is 0 Å². The molecule has 0 radical (unpaired) electrons. The number of nitrogens with zero attached hydrogens (tertiary/aromatic N) is 2. The van der Waals surface area contributed by atoms with Crippen LogP contribution in [-0.2, 0) is 6.42 Å². The summed E-state index contributed by atoms with van der Waals surface area (Å²) in [6, 6.07) is 19.1. The molecular formula is C25H29N3O. The van der Waals surface area contributed by atoms with Crippen molar-refractivity contribution in [1.82, 2.24) is 14.8 Å². The van der Waals surface area contributed by atoms with Gasteiger partial charge in [0.05, 0.1) is 6.04 Å². The molecule has 29 heavy (non-hydrogen) atoms. The Labute approximate surface area is 172 Å². The maximum Gasteiger partial charge on any atom is 0.254 e. The lowest BCUT2D eigenvalue weighted by atomic mass is 9.87. The molecular weight excluding hydrogens is 358 g/mol. The van der Waals surface area contributed by atoms with Crippen LogP contribution in [0, 0.1) is 0 Å². The van der Waals surface area contributed by atoms with E-state index in [9.17, 15) is 4.79 Å². The topological polar surface area (TPSA) is 39.3 Å². The Balaban J connectivity index is 1.45. The largest absolute Gasteiger partial charge is 0.357 e. The van der Waals surface area contributed by atoms with Gasteiger partial charge in [-0.25, -0.2) is 0 Å². The Morgan fingerprint density at radius 2 is 1.90 bits per heavy atom. The number of piperidine rings is 1. The van der Waals surface area contributed by atoms with Crippen LogP contribution >= 0.6 is 0 Å². The number of H-pyrrole nitrogens is 1. The molecule has 1 N–H and O–H groups in total. The van der Waals surface area contributed by atoms with E-state index in [-0.39, 0.29) is 5.91 Å². The van der Waals surface area contributed by atoms with Crippen molar-refractivity contribution in [2.45, 2.75) is 44.7 Å². The molecule has 1 fully saturated rings. The monoisotopic (exact) mass is 387 g/mol. The van der Waals surface area contributed by atoms with Crippen molar-refractivity contribution >= 4 is 16.8 Å². The SMILES string of the molecule is CCCN(C(=O)c1ccccc1)C1CCN2CCc3c([nH]c4ccccc34)[C@@H]2C1. The Hall–Kier alpha value is -2.59. The molecule has 150 valence electrons. The fourth-order valence-corrected chi connectivity index (χ4v) is 5.31. The van der Waals surface area contributed by atoms with E-state index < -0.39 is 0 Å². The van der Waals surface area contributed by atoms with Crippen molar-refractivity contribution in [1.29, 1.82) is 0 Å². The zero-order valence-electron chi connectivity index (χ0n) is 17.1. The van der Waals surface area contributed by atoms with Gasteiger partial charge >= 0.3 is 0 Å². The average Bonchev–Trinajstić information content (AvgIpc) is 3.16. The van der Waals surface area contributed by atoms with Gasteiger partial charge in [0.15, 0.2) is 0 Å². The number of rotatable bonds is 4. The number of hydrogen-bond donors (Lipinski definition) is 1. The molecule has 1 unspecified atom stereocenters. The van der Waals surface area contributed by atoms with Crippen molar-refractivity contribution in [2.24, 2.45) is 0 Å². The Morgan fingerprint density at radius 3 is 2.72 bits per heavy atom. The van der Waals surface area contributed by atoms with Gasteiger partial charge in [0.1, 0.15) is 0 Å². The Morgan fingerprint density at radius 1 is 1.10 bits per heavy atom. The second-order valence-corrected chi connectivity index (χ2v) is 8.41. The standard InChI is InChI=1S/C25H29N3O/c1-2-14-28(25(29)18-8-4-3-5-9-18)19-12-15-27-16-13-21-20-10-6-7-11-22(20)26-24(21)23(27)17-19/h3-11,19,23,26H,2,12-17H2,1H3/t19?,23-/m0/s1. The number of fused-ring (bicyclic) bond motifs is 5. The summed E-state index contributed by atoms with van der Waals surface area (Å²) in [6.07, 6.45) is 4.17. The Bertz CT molecular complexity index is 1010. The zero-order chi connectivity index (χ0) is 19.8. The lowest BCUT2D eigenvalue weighted by Crippen LogP contribution is -2.50. The highest BCUT2D eigenvalue weighted by Gasteiger charge is 2.38. The molecule has 2 atom stereocenters. The highest BCUT2D eigenvalue weighted by Crippen LogP contribution is 2.40. The summed E-state index contributed by atoms with van der Waals surface area (Å²) in [7, 11) is 0. The van der Waals surface area contributed by atoms with Crippen LogP contribution in [0.1, 0.15) is 53.8 Å². The molecule has 4 nitrogen and oxygen atoms in total. The average molecular weight is 388 g/mol. The van der Waals surface area contributed by atoms with Crippen molar-refractivity contribution in [3.63, 3.8) is 0 Å². The van der Waals surface area contributed by atoms with Gasteiger partial charge in [0, 0.05) is 47.8 Å². The minimum absolute atomic E-state index is 0.179. The van der Waals surface area contributed by atoms with Crippen LogP contribution in [-0.4, -0.2) is 46.4 Å². The molecule has 2 aliphatic rings. The van der Waals surface area contributed by atoms with E-state index in [1.54, 1.807) is 0 Å². The first-order valence-electron chi connectivity index (χ1n) is 11.0. The van der Waals surface area contributed by atoms with E-state index in [2.05, 4.69) is 46.0 Å². The van der Waals surface area contributed by atoms with Crippen LogP contribution in [0.15, 0.2) is 54.6 Å². The molecule has 0 bridgehead atoms. The minimum Gasteiger partial charge on any atom is -0.357 e. The number of amides is 1. The van der Waals surface area contributed by atoms with E-state index in [4.69, 9.17) is 0 Å². The summed E-state index contributed by atoms with van der Waals surface area (Å²) in [6.45, 7) is 5.17. The molecule has 0 aliphatic carbocycles. The lowest BCUT2D eigenvalue weighted by molar-refractivity contribution is 0.0418. The predicted molar refractivity (Wildman–Crippen MR) is 117 cm³/mol. The molecule has 1 saturated heterocycles. The summed E-state index contributed by atoms with van der Waals surface area (Å²) in [5.74, 6) is 0.179. The fourth-order valence-electron chi connectivity index (χ4n) is 5.31. The van der Waals surface area contributed by atoms with Gasteiger partial charge in [-0.05, 0) is 49.4 Å². The molecule has 1 amide bonds. The van der Waals surface area contributed by atoms with Crippen LogP contribution in [0.25, 0.3) is 10.9 Å². The quantitative estimate of drug-likeness (QED) is 0.700. The first kappa shape index (κ1) is 18.4. The van der Waals surface area contributed by atoms with E-state index in [1.165, 1.54) is 22.2 Å². The van der Waals surface area contributed by atoms with Crippen LogP contribution in [0.5, 0.6) is 0 Å². The van der Waals surface area contributed by atoms with Crippen molar-refractivity contribution in [2.75, 3.05) is 19.6 Å². The van der Waals surface area contributed by atoms with Gasteiger partial charge in [0.25, 0.3) is 5.91 Å². The highest BCUT2D eigenvalue weighted by atomic mass is 16.2. The number of nitrogens with one attached hydrogen (secondary N) is 1. The Kier molecular flexibility index (Phi) is 4.88. The third-order valence-corrected chi connectivity index (χ3v) is 6.70. The van der Waals surface area contributed by atoms with Crippen LogP contribution in [0.4, 0.5) is 0 Å². The minimum atomic E-state index is 0.179. The molecule has 2 aromatic carbocycles. The van der Waals surface area contributed by atoms with Gasteiger partial charge in [-0.15, -0.1) is 0 Å². The second-order valence-electron chi connectivity index (χ2n) is 8.41. The summed E-state index contributed by atoms with van der Waals surface area (Å²) in [4.78, 5) is 21.8. The predicted octanol–water partition coefficient (Wildman–Crippen LogP) is 4.78. The summed E-state index contributed by atoms with van der Waals surface area (Å²) in [5, 5.41) is 1.37. The van der Waals surface area contributed by atoms with Crippen LogP contribution < -0.4 is 0 Å². The summed E-state index contributed by atoms with van der Waals surface area (Å²) in [5.41, 5.74) is 4.91. The van der Waals surface area contributed by atoms with Gasteiger partial charge in [-0.3, -0.25) is 9.69 Å². The van der Waals surface area contributed by atoms with Crippen molar-refractivity contribution in [3.8, 4) is 0 Å². The lowest BCUT2D eigenvalue weighted by Gasteiger charge is -2.45. The third-order valence-electron chi connectivity index (χ3n) is 6.70. The number of benzene rings is 2. The van der Waals surface area contributed by atoms with Crippen molar-refractivity contribution in [3.05, 3.63) is 71.4 Å². The smallest absolute Gasteiger partial charge is 0.254 e. The molecule has 4 heteroatoms. The molecule has 3 heterocycles. The highest BCUT2D eigenvalue weighted by molar-refractivity contribution is 5.94. The number of carbonyl (C=O) groups is 1. The number of aromatic amines is 1. The van der Waals surface area contributed by atoms with Crippen LogP contribution in [0.2, 0.25) is 0 Å². The van der Waals surface area contributed by atoms with Gasteiger partial charge < -0.3 is 9.88 Å². The van der Waals surface area contributed by atoms with Crippen molar-refractivity contribution < 1.29 is 4.79 Å². The van der Waals surface area contributed by atoms with Gasteiger partial charge in [-0.1, -0.05) is 43.3 Å². The first-order valence-corrected chi connectivity index (χ1v) is 11.0. The summed E-state index contributed by atoms with van der Waals surface area (Å²) >= 11 is 0. The van der Waals surface area contributed by atoms with E-state index in [0.29, 0.717) is 12.1 Å². The molecule has 1 aromatic heterocycles. The molecule has 5 rings (SSSR count). The van der Waals surface area contributed by atoms with Gasteiger partial charge in [0.2, 0.25) is 0 Å². The van der Waals surface area contributed by atoms with E-state index in [1.807, 2.05) is 30.3 Å². The molecule has 0 spiro atoms. The molecule has 3 aromatic rings. The fraction of sp³-hybridized carbons (Fsp3) is 0.400. The van der Waals surface area contributed by atoms with E-state index in [0.717, 1.165) is 50.9 Å². The number of para-hydroxylation sites is 1. The van der Waals surface area contributed by atoms with Gasteiger partial charge in [-0.2, -0.15) is 0 Å². The van der Waals surface area contributed by atoms with Crippen LogP contribution in [0.3, 0.4) is 0 Å². The zero-order valence-corrected chi connectivity index (χ0v) is 17.1. The maximum atomic E-state index is 13.3. The second kappa shape index (κ2) is 7.68.